The van der Waals surface area contributed by atoms with Gasteiger partial charge in [0.25, 0.3) is 0 Å². The van der Waals surface area contributed by atoms with Crippen LogP contribution >= 0.6 is 0 Å². The number of nitrogens with zero attached hydrogens (tertiary/aromatic N) is 1. The first-order chi connectivity index (χ1) is 10.1. The summed E-state index contributed by atoms with van der Waals surface area (Å²) in [5.41, 5.74) is 4.01. The molecule has 0 aliphatic heterocycles. The van der Waals surface area contributed by atoms with Crippen LogP contribution in [0.15, 0.2) is 36.4 Å². The van der Waals surface area contributed by atoms with Crippen LogP contribution in [0.5, 0.6) is 0 Å². The smallest absolute Gasteiger partial charge is 0.0932 e. The fourth-order valence-electron chi connectivity index (χ4n) is 2.92. The lowest BCUT2D eigenvalue weighted by molar-refractivity contribution is 0.113. The van der Waals surface area contributed by atoms with Gasteiger partial charge in [-0.05, 0) is 34.1 Å². The van der Waals surface area contributed by atoms with E-state index in [1.165, 1.54) is 11.1 Å². The number of hydrogen-bond acceptors (Lipinski definition) is 0. The summed E-state index contributed by atoms with van der Waals surface area (Å²) in [5, 5.41) is 14.8. The minimum Gasteiger partial charge on any atom is -0.165 e. The fourth-order valence-corrected chi connectivity index (χ4v) is 2.92. The highest BCUT2D eigenvalue weighted by molar-refractivity contribution is 6.08. The maximum atomic E-state index is 12.8. The van der Waals surface area contributed by atoms with Crippen LogP contribution in [0.1, 0.15) is 52.7 Å². The Morgan fingerprint density at radius 2 is 1.05 bits per heavy atom. The SMILES string of the molecule is CC(C)(C)c1ccc2c3ccc(C(C)(C)C)cc3n([O])c2c1. The Hall–Kier alpha value is -1.96. The van der Waals surface area contributed by atoms with E-state index in [1.54, 1.807) is 0 Å². The van der Waals surface area contributed by atoms with Gasteiger partial charge >= 0.3 is 0 Å². The average molecular weight is 294 g/mol. The van der Waals surface area contributed by atoms with Gasteiger partial charge in [0.2, 0.25) is 0 Å². The summed E-state index contributed by atoms with van der Waals surface area (Å²) in [6.07, 6.45) is 0. The predicted octanol–water partition coefficient (Wildman–Crippen LogP) is 5.58. The van der Waals surface area contributed by atoms with Crippen molar-refractivity contribution in [3.63, 3.8) is 0 Å². The summed E-state index contributed by atoms with van der Waals surface area (Å²) in [5.74, 6) is 0. The van der Waals surface area contributed by atoms with Gasteiger partial charge in [-0.15, -0.1) is 4.73 Å². The van der Waals surface area contributed by atoms with Gasteiger partial charge in [0.05, 0.1) is 11.0 Å². The molecule has 0 aliphatic carbocycles. The fraction of sp³-hybridized carbons (Fsp3) is 0.400. The molecule has 1 radical (unpaired) electrons. The lowest BCUT2D eigenvalue weighted by Gasteiger charge is -2.18. The molecule has 0 amide bonds. The largest absolute Gasteiger partial charge is 0.165 e. The van der Waals surface area contributed by atoms with Gasteiger partial charge in [0, 0.05) is 10.8 Å². The zero-order valence-electron chi connectivity index (χ0n) is 14.3. The first-order valence-electron chi connectivity index (χ1n) is 7.86. The molecule has 0 bridgehead atoms. The van der Waals surface area contributed by atoms with Gasteiger partial charge in [-0.2, -0.15) is 5.21 Å². The summed E-state index contributed by atoms with van der Waals surface area (Å²) in [6, 6.07) is 12.5. The maximum Gasteiger partial charge on any atom is 0.0932 e. The van der Waals surface area contributed by atoms with E-state index in [0.717, 1.165) is 26.5 Å². The summed E-state index contributed by atoms with van der Waals surface area (Å²) < 4.78 is 1.09. The normalized spacial score (nSPS) is 13.2. The van der Waals surface area contributed by atoms with E-state index in [0.29, 0.717) is 0 Å². The molecule has 22 heavy (non-hydrogen) atoms. The van der Waals surface area contributed by atoms with Crippen LogP contribution in [-0.2, 0) is 16.0 Å². The second-order valence-corrected chi connectivity index (χ2v) is 8.26. The quantitative estimate of drug-likeness (QED) is 0.517. The zero-order valence-corrected chi connectivity index (χ0v) is 14.3. The number of hydrogen-bond donors (Lipinski definition) is 0. The Labute approximate surface area is 132 Å². The van der Waals surface area contributed by atoms with Crippen LogP contribution in [0.2, 0.25) is 0 Å². The molecule has 0 unspecified atom stereocenters. The molecule has 0 saturated carbocycles. The van der Waals surface area contributed by atoms with Crippen molar-refractivity contribution in [2.45, 2.75) is 52.4 Å². The Morgan fingerprint density at radius 1 is 0.682 bits per heavy atom. The second-order valence-electron chi connectivity index (χ2n) is 8.26. The number of aromatic nitrogens is 1. The third-order valence-corrected chi connectivity index (χ3v) is 4.46. The molecule has 0 fully saturated rings. The summed E-state index contributed by atoms with van der Waals surface area (Å²) in [7, 11) is 0. The average Bonchev–Trinajstić information content (AvgIpc) is 2.70. The van der Waals surface area contributed by atoms with Crippen molar-refractivity contribution in [3.05, 3.63) is 47.5 Å². The van der Waals surface area contributed by atoms with Gasteiger partial charge in [0.1, 0.15) is 0 Å². The highest BCUT2D eigenvalue weighted by atomic mass is 16.5. The van der Waals surface area contributed by atoms with Crippen LogP contribution in [0.3, 0.4) is 0 Å². The van der Waals surface area contributed by atoms with Crippen LogP contribution in [0.4, 0.5) is 0 Å². The Balaban J connectivity index is 2.33. The Morgan fingerprint density at radius 3 is 1.36 bits per heavy atom. The Kier molecular flexibility index (Phi) is 3.07. The maximum absolute atomic E-state index is 12.8. The van der Waals surface area contributed by atoms with Crippen molar-refractivity contribution < 1.29 is 5.21 Å². The van der Waals surface area contributed by atoms with Gasteiger partial charge < -0.3 is 0 Å². The van der Waals surface area contributed by atoms with Crippen molar-refractivity contribution in [1.82, 2.24) is 4.73 Å². The Bertz CT molecular complexity index is 786. The van der Waals surface area contributed by atoms with Crippen LogP contribution in [-0.4, -0.2) is 4.73 Å². The molecule has 3 aromatic rings. The molecule has 2 aromatic carbocycles. The molecule has 2 heteroatoms. The van der Waals surface area contributed by atoms with Crippen molar-refractivity contribution in [2.75, 3.05) is 0 Å². The molecule has 0 atom stereocenters. The molecule has 3 rings (SSSR count). The minimum absolute atomic E-state index is 0.0429. The first-order valence-corrected chi connectivity index (χ1v) is 7.86. The topological polar surface area (TPSA) is 24.8 Å². The molecular formula is C20H24NO. The second kappa shape index (κ2) is 4.52. The first kappa shape index (κ1) is 15.0. The summed E-state index contributed by atoms with van der Waals surface area (Å²) >= 11 is 0. The van der Waals surface area contributed by atoms with Crippen molar-refractivity contribution in [2.24, 2.45) is 0 Å². The molecule has 1 aromatic heterocycles. The molecular weight excluding hydrogens is 270 g/mol. The number of benzene rings is 2. The van der Waals surface area contributed by atoms with Gasteiger partial charge in [0.15, 0.2) is 0 Å². The standard InChI is InChI=1S/C20H24NO/c1-19(2,3)13-7-9-15-16-10-8-14(20(4,5)6)12-18(16)21(22)17(15)11-13/h7-12H,1-6H3. The monoisotopic (exact) mass is 294 g/mol. The van der Waals surface area contributed by atoms with Crippen molar-refractivity contribution in [1.29, 1.82) is 0 Å². The van der Waals surface area contributed by atoms with Gasteiger partial charge in [-0.3, -0.25) is 0 Å². The molecule has 115 valence electrons. The predicted molar refractivity (Wildman–Crippen MR) is 92.9 cm³/mol. The molecule has 0 aliphatic rings. The van der Waals surface area contributed by atoms with E-state index in [9.17, 15) is 5.21 Å². The van der Waals surface area contributed by atoms with Crippen LogP contribution in [0, 0.1) is 0 Å². The third-order valence-electron chi connectivity index (χ3n) is 4.46. The van der Waals surface area contributed by atoms with E-state index >= 15 is 0 Å². The number of rotatable bonds is 0. The van der Waals surface area contributed by atoms with Crippen LogP contribution in [0.25, 0.3) is 21.8 Å². The van der Waals surface area contributed by atoms with E-state index < -0.39 is 0 Å². The molecule has 1 heterocycles. The number of fused-ring (bicyclic) bond motifs is 3. The van der Waals surface area contributed by atoms with Crippen molar-refractivity contribution in [3.8, 4) is 0 Å². The van der Waals surface area contributed by atoms with E-state index in [4.69, 9.17) is 0 Å². The van der Waals surface area contributed by atoms with Gasteiger partial charge in [-0.1, -0.05) is 65.8 Å². The van der Waals surface area contributed by atoms with E-state index in [-0.39, 0.29) is 10.8 Å². The van der Waals surface area contributed by atoms with E-state index in [1.807, 2.05) is 12.1 Å². The van der Waals surface area contributed by atoms with Crippen molar-refractivity contribution >= 4 is 21.8 Å². The lowest BCUT2D eigenvalue weighted by Crippen LogP contribution is -2.11. The molecule has 2 nitrogen and oxygen atoms in total. The van der Waals surface area contributed by atoms with Crippen LogP contribution < -0.4 is 0 Å². The molecule has 0 N–H and O–H groups in total. The third kappa shape index (κ3) is 2.27. The van der Waals surface area contributed by atoms with Gasteiger partial charge in [-0.25, -0.2) is 0 Å². The van der Waals surface area contributed by atoms with E-state index in [2.05, 4.69) is 65.8 Å². The highest BCUT2D eigenvalue weighted by Gasteiger charge is 2.20. The molecule has 0 spiro atoms. The minimum atomic E-state index is 0.0429. The lowest BCUT2D eigenvalue weighted by atomic mass is 9.86. The summed E-state index contributed by atoms with van der Waals surface area (Å²) in [4.78, 5) is 0. The summed E-state index contributed by atoms with van der Waals surface area (Å²) in [6.45, 7) is 13.0. The molecule has 0 saturated heterocycles. The zero-order chi connectivity index (χ0) is 16.3. The highest BCUT2D eigenvalue weighted by Crippen LogP contribution is 2.34.